The van der Waals surface area contributed by atoms with Crippen LogP contribution in [0, 0.1) is 0 Å². The largest absolute Gasteiger partial charge is 1.00 e. The van der Waals surface area contributed by atoms with Crippen molar-refractivity contribution < 1.29 is 92.2 Å². The van der Waals surface area contributed by atoms with Gasteiger partial charge in [0, 0.05) is 27.7 Å². The van der Waals surface area contributed by atoms with Gasteiger partial charge in [-0.05, 0) is 47.7 Å². The van der Waals surface area contributed by atoms with E-state index >= 15 is 0 Å². The molecule has 4 atom stereocenters. The molecule has 252 valence electrons. The fourth-order valence-corrected chi connectivity index (χ4v) is 7.76. The van der Waals surface area contributed by atoms with Crippen LogP contribution in [0.1, 0.15) is 84.1 Å². The molecule has 2 amide bonds. The van der Waals surface area contributed by atoms with E-state index in [1.165, 1.54) is 0 Å². The third-order valence-corrected chi connectivity index (χ3v) is 9.99. The van der Waals surface area contributed by atoms with Crippen molar-refractivity contribution in [3.05, 3.63) is 110 Å². The van der Waals surface area contributed by atoms with E-state index in [0.29, 0.717) is 34.6 Å². The molecule has 15 heteroatoms. The minimum Gasteiger partial charge on any atom is -0.541 e. The fraction of sp³-hybridized carbons (Fsp3) is 0.382. The number of hydroxylamine groups is 1. The summed E-state index contributed by atoms with van der Waals surface area (Å²) in [5.74, 6) is -1.98. The SMILES string of the molecule is CC(C)([C-]=O)c1ccc(CO[N-]C(=O)[C@@H]2c3ccccc3C(=O)N([C@H]3CCCC[C@@H]3NS(C)(=O)=O)[C@H]2c2ccc(Cl)cc2Cl)cc1.[Na+].[Na+].[OH3+]. The van der Waals surface area contributed by atoms with E-state index in [2.05, 4.69) is 10.2 Å². The second-order valence-electron chi connectivity index (χ2n) is 12.4. The minimum atomic E-state index is -3.61. The van der Waals surface area contributed by atoms with Gasteiger partial charge >= 0.3 is 59.1 Å². The maximum absolute atomic E-state index is 14.4. The molecule has 5 rings (SSSR count). The van der Waals surface area contributed by atoms with Crippen LogP contribution >= 0.6 is 23.2 Å². The van der Waals surface area contributed by atoms with Gasteiger partial charge in [0.25, 0.3) is 5.91 Å². The van der Waals surface area contributed by atoms with Crippen molar-refractivity contribution in [2.24, 2.45) is 0 Å². The molecule has 1 fully saturated rings. The van der Waals surface area contributed by atoms with E-state index in [1.54, 1.807) is 85.5 Å². The molecule has 0 saturated heterocycles. The Hall–Kier alpha value is -1.32. The molecule has 0 spiro atoms. The summed E-state index contributed by atoms with van der Waals surface area (Å²) in [6.45, 7) is 3.53. The zero-order chi connectivity index (χ0) is 33.2. The van der Waals surface area contributed by atoms with Crippen LogP contribution in [0.3, 0.4) is 0 Å². The molecule has 10 nitrogen and oxygen atoms in total. The minimum absolute atomic E-state index is 0. The summed E-state index contributed by atoms with van der Waals surface area (Å²) in [6.07, 6.45) is 5.72. The molecular formula is C34H38Cl2N3Na2O7S+. The number of rotatable bonds is 10. The fourth-order valence-electron chi connectivity index (χ4n) is 6.42. The van der Waals surface area contributed by atoms with E-state index < -0.39 is 45.4 Å². The first kappa shape index (κ1) is 43.8. The van der Waals surface area contributed by atoms with E-state index in [9.17, 15) is 22.8 Å². The maximum Gasteiger partial charge on any atom is 1.00 e. The normalized spacial score (nSPS) is 20.5. The summed E-state index contributed by atoms with van der Waals surface area (Å²) < 4.78 is 27.5. The van der Waals surface area contributed by atoms with Gasteiger partial charge in [0.2, 0.25) is 10.0 Å². The Morgan fingerprint density at radius 3 is 2.31 bits per heavy atom. The molecule has 2 aliphatic rings. The molecule has 0 radical (unpaired) electrons. The van der Waals surface area contributed by atoms with E-state index in [-0.39, 0.29) is 82.1 Å². The molecule has 49 heavy (non-hydrogen) atoms. The van der Waals surface area contributed by atoms with E-state index in [4.69, 9.17) is 28.0 Å². The van der Waals surface area contributed by atoms with Gasteiger partial charge < -0.3 is 30.3 Å². The van der Waals surface area contributed by atoms with Crippen LogP contribution in [0.2, 0.25) is 10.0 Å². The quantitative estimate of drug-likeness (QED) is 0.129. The monoisotopic (exact) mass is 748 g/mol. The van der Waals surface area contributed by atoms with Crippen molar-refractivity contribution in [2.75, 3.05) is 6.26 Å². The number of amides is 2. The Morgan fingerprint density at radius 2 is 1.67 bits per heavy atom. The average molecular weight is 750 g/mol. The molecule has 0 unspecified atom stereocenters. The van der Waals surface area contributed by atoms with Gasteiger partial charge in [0.05, 0.1) is 30.7 Å². The van der Waals surface area contributed by atoms with Crippen LogP contribution in [-0.4, -0.2) is 49.8 Å². The second-order valence-corrected chi connectivity index (χ2v) is 15.0. The summed E-state index contributed by atoms with van der Waals surface area (Å²) in [7, 11) is -3.61. The summed E-state index contributed by atoms with van der Waals surface area (Å²) >= 11 is 13.0. The first-order valence-corrected chi connectivity index (χ1v) is 17.6. The van der Waals surface area contributed by atoms with E-state index in [0.717, 1.165) is 30.2 Å². The first-order chi connectivity index (χ1) is 21.8. The number of carbonyl (C=O) groups excluding carboxylic acids is 3. The summed E-state index contributed by atoms with van der Waals surface area (Å²) in [6, 6.07) is 16.8. The topological polar surface area (TPSA) is 157 Å². The zero-order valence-corrected chi connectivity index (χ0v) is 34.6. The Morgan fingerprint density at radius 1 is 1.02 bits per heavy atom. The number of nitrogens with one attached hydrogen (secondary N) is 1. The molecule has 1 heterocycles. The van der Waals surface area contributed by atoms with Gasteiger partial charge in [-0.15, -0.1) is 5.41 Å². The Balaban J connectivity index is 0.00000278. The third kappa shape index (κ3) is 10.2. The van der Waals surface area contributed by atoms with Crippen LogP contribution in [0.4, 0.5) is 0 Å². The van der Waals surface area contributed by atoms with Crippen LogP contribution in [0.25, 0.3) is 5.48 Å². The van der Waals surface area contributed by atoms with Crippen molar-refractivity contribution in [3.8, 4) is 0 Å². The summed E-state index contributed by atoms with van der Waals surface area (Å²) in [4.78, 5) is 47.0. The number of halogens is 2. The predicted octanol–water partition coefficient (Wildman–Crippen LogP) is -0.360. The molecule has 3 aromatic rings. The smallest absolute Gasteiger partial charge is 0.541 e. The number of carbonyl (C=O) groups is 2. The molecule has 0 aromatic heterocycles. The second kappa shape index (κ2) is 18.4. The van der Waals surface area contributed by atoms with E-state index in [1.807, 2.05) is 6.29 Å². The number of hydrogen-bond acceptors (Lipinski definition) is 6. The van der Waals surface area contributed by atoms with Gasteiger partial charge in [0.15, 0.2) is 0 Å². The van der Waals surface area contributed by atoms with Crippen molar-refractivity contribution in [2.45, 2.75) is 75.6 Å². The Kier molecular flexibility index (Phi) is 16.5. The molecule has 4 N–H and O–H groups in total. The van der Waals surface area contributed by atoms with Gasteiger partial charge in [-0.2, -0.15) is 0 Å². The Labute approximate surface area is 341 Å². The average Bonchev–Trinajstić information content (AvgIpc) is 3.01. The van der Waals surface area contributed by atoms with Crippen molar-refractivity contribution in [1.82, 2.24) is 9.62 Å². The predicted molar refractivity (Wildman–Crippen MR) is 182 cm³/mol. The Bertz CT molecular complexity index is 1750. The van der Waals surface area contributed by atoms with Crippen LogP contribution in [-0.2, 0) is 41.9 Å². The molecule has 1 aliphatic carbocycles. The summed E-state index contributed by atoms with van der Waals surface area (Å²) in [5.41, 5.74) is 6.05. The molecule has 1 aliphatic heterocycles. The van der Waals surface area contributed by atoms with Crippen LogP contribution in [0.15, 0.2) is 66.7 Å². The van der Waals surface area contributed by atoms with Crippen LogP contribution < -0.4 is 63.8 Å². The van der Waals surface area contributed by atoms with Gasteiger partial charge in [-0.1, -0.05) is 104 Å². The number of sulfonamides is 1. The number of fused-ring (bicyclic) bond motifs is 1. The molecule has 1 saturated carbocycles. The van der Waals surface area contributed by atoms with Crippen molar-refractivity contribution in [3.63, 3.8) is 0 Å². The zero-order valence-electron chi connectivity index (χ0n) is 28.3. The van der Waals surface area contributed by atoms with Crippen LogP contribution in [0.5, 0.6) is 0 Å². The van der Waals surface area contributed by atoms with Gasteiger partial charge in [0.1, 0.15) is 0 Å². The first-order valence-electron chi connectivity index (χ1n) is 15.0. The van der Waals surface area contributed by atoms with Gasteiger partial charge in [-0.3, -0.25) is 11.1 Å². The maximum atomic E-state index is 14.4. The van der Waals surface area contributed by atoms with Gasteiger partial charge in [-0.25, -0.2) is 13.1 Å². The van der Waals surface area contributed by atoms with Crippen molar-refractivity contribution in [1.29, 1.82) is 0 Å². The number of nitrogens with zero attached hydrogens (tertiary/aromatic N) is 2. The number of benzene rings is 3. The molecule has 0 bridgehead atoms. The summed E-state index contributed by atoms with van der Waals surface area (Å²) in [5, 5.41) is 0.640. The van der Waals surface area contributed by atoms with Crippen molar-refractivity contribution >= 4 is 51.3 Å². The number of hydrogen-bond donors (Lipinski definition) is 1. The molecular weight excluding hydrogens is 711 g/mol. The molecule has 3 aromatic carbocycles. The standard InChI is InChI=1S/C34H36Cl2N3O6S.2Na.H2O/c1-34(2,20-40)22-14-12-21(13-15-22)19-45-37-32(41)30-24-8-4-5-9-25(24)33(42)39(31(30)26-17-16-23(35)18-27(26)36)29-11-7-6-10-28(29)38-46(3,43)44;;;/h4-5,8-9,12-18,28-31,38H,6-7,10-11,19H2,1-3H3,(H,37,41);;;1H2/q-1;2*+1;/t28-,29-,30+,31-;;;/m0.../s1. The third-order valence-electron chi connectivity index (χ3n) is 8.69.